The van der Waals surface area contributed by atoms with Crippen molar-refractivity contribution in [2.75, 3.05) is 35.3 Å². The van der Waals surface area contributed by atoms with Gasteiger partial charge in [0.25, 0.3) is 0 Å². The fraction of sp³-hybridized carbons (Fsp3) is 0.795. The minimum atomic E-state index is -1.86. The number of aromatic hydroxyl groups is 2. The fourth-order valence-electron chi connectivity index (χ4n) is 16.9. The molecule has 4 aliphatic rings. The molecule has 99 heavy (non-hydrogen) atoms. The summed E-state index contributed by atoms with van der Waals surface area (Å²) in [5.41, 5.74) is -2.39. The highest BCUT2D eigenvalue weighted by Gasteiger charge is 2.58. The van der Waals surface area contributed by atoms with Gasteiger partial charge in [0.15, 0.2) is 10.8 Å². The molecule has 16 nitrogen and oxygen atoms in total. The first-order valence-electron chi connectivity index (χ1n) is 36.9. The Balaban J connectivity index is 0.000000358. The van der Waals surface area contributed by atoms with Crippen LogP contribution in [-0.4, -0.2) is 164 Å². The standard InChI is InChI=1S/C42H70N2O7.C41H70N2O5/c1-36(2,3)30-20-27(21-31(33(30)46)37(4,5)6)22-42(19-18-32(45)49-17,34(47)50-28-23-38(7,8)43(15)39(9,10)24-28)35(48)51-29-25-40(11,12)44(16)41(13,14)26-29;1-26(2)41(33(45)47-28-22-37(9,10)42(17)38(11,12)23-28,34(46)48-29-24-39(13,14)43(18)40(15,16)25-29)21-27-19-30(35(3,4)5)32(44)31(20-27)36(6,7)8/h20-21,28-29,46H,18-19,22-26H2,1-17H3;19-20,26,28-29,44H,21-25H2,1-18H3. The summed E-state index contributed by atoms with van der Waals surface area (Å²) in [4.78, 5) is 82.0. The number of methoxy groups -OCH3 is 1. The molecule has 2 aromatic rings. The summed E-state index contributed by atoms with van der Waals surface area (Å²) in [7, 11) is 9.74. The van der Waals surface area contributed by atoms with E-state index < -0.39 is 69.6 Å². The van der Waals surface area contributed by atoms with E-state index in [9.17, 15) is 24.6 Å². The molecule has 0 radical (unpaired) electrons. The quantitative estimate of drug-likeness (QED) is 0.0918. The predicted molar refractivity (Wildman–Crippen MR) is 400 cm³/mol. The molecule has 4 fully saturated rings. The van der Waals surface area contributed by atoms with Gasteiger partial charge < -0.3 is 33.9 Å². The van der Waals surface area contributed by atoms with Crippen LogP contribution in [-0.2, 0) is 82.2 Å². The minimum Gasteiger partial charge on any atom is -0.507 e. The van der Waals surface area contributed by atoms with E-state index in [0.29, 0.717) is 68.1 Å². The maximum absolute atomic E-state index is 15.0. The molecule has 2 N–H and O–H groups in total. The van der Waals surface area contributed by atoms with E-state index in [-0.39, 0.29) is 105 Å². The van der Waals surface area contributed by atoms with Gasteiger partial charge in [0, 0.05) is 102 Å². The lowest BCUT2D eigenvalue weighted by Gasteiger charge is -2.54. The molecule has 0 bridgehead atoms. The van der Waals surface area contributed by atoms with Crippen molar-refractivity contribution < 1.29 is 57.9 Å². The maximum atomic E-state index is 15.0. The van der Waals surface area contributed by atoms with Gasteiger partial charge in [0.05, 0.1) is 7.11 Å². The third-order valence-electron chi connectivity index (χ3n) is 24.2. The molecule has 4 saturated heterocycles. The summed E-state index contributed by atoms with van der Waals surface area (Å²) >= 11 is 0. The number of likely N-dealkylation sites (tertiary alicyclic amines) is 4. The van der Waals surface area contributed by atoms with Crippen molar-refractivity contribution in [1.29, 1.82) is 0 Å². The topological polar surface area (TPSA) is 185 Å². The van der Waals surface area contributed by atoms with E-state index in [1.807, 2.05) is 79.7 Å². The number of nitrogens with zero attached hydrogens (tertiary/aromatic N) is 4. The molecular formula is C83H140N4O12. The van der Waals surface area contributed by atoms with Crippen molar-refractivity contribution in [1.82, 2.24) is 19.6 Å². The first kappa shape index (κ1) is 84.9. The Kier molecular flexibility index (Phi) is 24.6. The fourth-order valence-corrected chi connectivity index (χ4v) is 16.9. The van der Waals surface area contributed by atoms with Crippen molar-refractivity contribution in [3.8, 4) is 11.5 Å². The number of rotatable bonds is 16. The van der Waals surface area contributed by atoms with Gasteiger partial charge in [-0.25, -0.2) is 0 Å². The molecule has 0 atom stereocenters. The number of benzene rings is 2. The number of phenols is 2. The van der Waals surface area contributed by atoms with E-state index in [2.05, 4.69) is 200 Å². The zero-order chi connectivity index (χ0) is 76.6. The summed E-state index contributed by atoms with van der Waals surface area (Å²) in [6.07, 6.45) is 3.13. The largest absolute Gasteiger partial charge is 0.507 e. The first-order valence-corrected chi connectivity index (χ1v) is 36.9. The SMILES string of the molecule is CC(C)C(Cc1cc(C(C)(C)C)c(O)c(C(C)(C)C)c1)(C(=O)OC1CC(C)(C)N(C)C(C)(C)C1)C(=O)OC1CC(C)(C)N(C)C(C)(C)C1.COC(=O)CCC(Cc1cc(C(C)(C)C)c(O)c(C(C)(C)C)c1)(C(=O)OC1CC(C)(C)N(C)C(C)(C)C1)C(=O)OC1CC(C)(C)N(C)C(C)(C)C1. The average molecular weight is 1390 g/mol. The van der Waals surface area contributed by atoms with Gasteiger partial charge >= 0.3 is 29.8 Å². The van der Waals surface area contributed by atoms with E-state index in [0.717, 1.165) is 16.7 Å². The molecule has 0 spiro atoms. The van der Waals surface area contributed by atoms with Crippen LogP contribution in [0.5, 0.6) is 11.5 Å². The number of hydrogen-bond donors (Lipinski definition) is 2. The number of phenolic OH excluding ortho intramolecular Hbond substituents is 2. The van der Waals surface area contributed by atoms with Crippen LogP contribution < -0.4 is 0 Å². The monoisotopic (exact) mass is 1390 g/mol. The Morgan fingerprint density at radius 3 is 0.818 bits per heavy atom. The van der Waals surface area contributed by atoms with Crippen LogP contribution in [0.25, 0.3) is 0 Å². The molecule has 0 aromatic heterocycles. The molecule has 2 aromatic carbocycles. The van der Waals surface area contributed by atoms with Crippen LogP contribution in [0.1, 0.15) is 305 Å². The molecular weight excluding hydrogens is 1240 g/mol. The van der Waals surface area contributed by atoms with Crippen molar-refractivity contribution in [2.45, 2.75) is 375 Å². The van der Waals surface area contributed by atoms with Crippen LogP contribution in [0.4, 0.5) is 0 Å². The highest BCUT2D eigenvalue weighted by Crippen LogP contribution is 2.50. The second-order valence-corrected chi connectivity index (χ2v) is 40.2. The molecule has 4 aliphatic heterocycles. The lowest BCUT2D eigenvalue weighted by Crippen LogP contribution is -2.62. The molecule has 564 valence electrons. The number of ether oxygens (including phenoxy) is 5. The zero-order valence-electron chi connectivity index (χ0n) is 68.9. The Labute approximate surface area is 600 Å². The second kappa shape index (κ2) is 28.7. The van der Waals surface area contributed by atoms with E-state index in [1.165, 1.54) is 7.11 Å². The van der Waals surface area contributed by atoms with Crippen LogP contribution >= 0.6 is 0 Å². The Morgan fingerprint density at radius 2 is 0.616 bits per heavy atom. The number of carbonyl (C=O) groups is 5. The summed E-state index contributed by atoms with van der Waals surface area (Å²) in [6, 6.07) is 7.74. The number of hydrogen-bond acceptors (Lipinski definition) is 16. The Bertz CT molecular complexity index is 2990. The van der Waals surface area contributed by atoms with E-state index in [1.54, 1.807) is 0 Å². The average Bonchev–Trinajstić information content (AvgIpc) is 0.757. The third-order valence-corrected chi connectivity index (χ3v) is 24.2. The van der Waals surface area contributed by atoms with Gasteiger partial charge in [-0.3, -0.25) is 43.6 Å². The second-order valence-electron chi connectivity index (χ2n) is 40.2. The van der Waals surface area contributed by atoms with E-state index in [4.69, 9.17) is 23.7 Å². The first-order chi connectivity index (χ1) is 44.3. The highest BCUT2D eigenvalue weighted by atomic mass is 16.6. The molecule has 0 aliphatic carbocycles. The van der Waals surface area contributed by atoms with Crippen molar-refractivity contribution >= 4 is 29.8 Å². The smallest absolute Gasteiger partial charge is 0.324 e. The summed E-state index contributed by atoms with van der Waals surface area (Å²) in [5, 5.41) is 23.0. The van der Waals surface area contributed by atoms with Crippen molar-refractivity contribution in [3.05, 3.63) is 57.6 Å². The van der Waals surface area contributed by atoms with Crippen molar-refractivity contribution in [3.63, 3.8) is 0 Å². The van der Waals surface area contributed by atoms with Crippen molar-refractivity contribution in [2.24, 2.45) is 16.7 Å². The van der Waals surface area contributed by atoms with Gasteiger partial charge in [-0.15, -0.1) is 0 Å². The molecule has 6 rings (SSSR count). The van der Waals surface area contributed by atoms with Gasteiger partial charge in [-0.2, -0.15) is 0 Å². The van der Waals surface area contributed by atoms with Gasteiger partial charge in [-0.1, -0.05) is 121 Å². The van der Waals surface area contributed by atoms with Crippen LogP contribution in [0.2, 0.25) is 0 Å². The number of esters is 5. The lowest BCUT2D eigenvalue weighted by molar-refractivity contribution is -0.192. The molecule has 0 amide bonds. The lowest BCUT2D eigenvalue weighted by atomic mass is 9.70. The maximum Gasteiger partial charge on any atom is 0.324 e. The van der Waals surface area contributed by atoms with Gasteiger partial charge in [-0.05, 0) is 219 Å². The van der Waals surface area contributed by atoms with Crippen LogP contribution in [0, 0.1) is 16.7 Å². The Hall–Kier alpha value is -4.77. The highest BCUT2D eigenvalue weighted by molar-refractivity contribution is 6.02. The molecule has 16 heteroatoms. The van der Waals surface area contributed by atoms with E-state index >= 15 is 9.59 Å². The number of carbonyl (C=O) groups excluding carboxylic acids is 5. The Morgan fingerprint density at radius 1 is 0.404 bits per heavy atom. The van der Waals surface area contributed by atoms with Gasteiger partial charge in [0.1, 0.15) is 35.9 Å². The third kappa shape index (κ3) is 18.8. The summed E-state index contributed by atoms with van der Waals surface area (Å²) in [6.45, 7) is 63.0. The minimum absolute atomic E-state index is 0.0626. The predicted octanol–water partition coefficient (Wildman–Crippen LogP) is 16.4. The van der Waals surface area contributed by atoms with Crippen LogP contribution in [0.3, 0.4) is 0 Å². The molecule has 0 saturated carbocycles. The normalized spacial score (nSPS) is 22.0. The number of piperidine rings is 4. The van der Waals surface area contributed by atoms with Gasteiger partial charge in [0.2, 0.25) is 0 Å². The molecule has 0 unspecified atom stereocenters. The van der Waals surface area contributed by atoms with Crippen LogP contribution in [0.15, 0.2) is 24.3 Å². The summed E-state index contributed by atoms with van der Waals surface area (Å²) in [5.74, 6) is -2.88. The molecule has 4 heterocycles. The zero-order valence-corrected chi connectivity index (χ0v) is 68.9. The summed E-state index contributed by atoms with van der Waals surface area (Å²) < 4.78 is 31.0.